The molecule has 5 heteroatoms. The lowest BCUT2D eigenvalue weighted by atomic mass is 9.77. The zero-order valence-corrected chi connectivity index (χ0v) is 12.6. The second-order valence-corrected chi connectivity index (χ2v) is 6.66. The summed E-state index contributed by atoms with van der Waals surface area (Å²) in [6.07, 6.45) is 2.55. The van der Waals surface area contributed by atoms with Gasteiger partial charge in [0, 0.05) is 5.46 Å². The highest BCUT2D eigenvalue weighted by Crippen LogP contribution is 2.38. The van der Waals surface area contributed by atoms with Gasteiger partial charge in [-0.25, -0.2) is 0 Å². The highest BCUT2D eigenvalue weighted by atomic mass is 16.7. The van der Waals surface area contributed by atoms with Crippen molar-refractivity contribution in [1.82, 2.24) is 0 Å². The number of nitrogen functional groups attached to an aromatic ring is 1. The average molecular weight is 275 g/mol. The first kappa shape index (κ1) is 13.8. The molecule has 20 heavy (non-hydrogen) atoms. The van der Waals surface area contributed by atoms with Crippen LogP contribution in [0.1, 0.15) is 40.5 Å². The van der Waals surface area contributed by atoms with Gasteiger partial charge in [-0.2, -0.15) is 0 Å². The monoisotopic (exact) mass is 275 g/mol. The fourth-order valence-corrected chi connectivity index (χ4v) is 2.20. The maximum absolute atomic E-state index is 6.23. The van der Waals surface area contributed by atoms with Gasteiger partial charge in [0.25, 0.3) is 0 Å². The van der Waals surface area contributed by atoms with E-state index >= 15 is 0 Å². The molecule has 0 unspecified atom stereocenters. The number of nitrogens with two attached hydrogens (primary N) is 1. The van der Waals surface area contributed by atoms with E-state index in [-0.39, 0.29) is 11.2 Å². The standard InChI is InChI=1S/C15H22BNO3/c1-14(2)15(3,4)20-16(19-14)11-6-5-7-12(13(11)17)18-10-8-9-10/h5-7,10H,8-9,17H2,1-4H3. The van der Waals surface area contributed by atoms with Gasteiger partial charge >= 0.3 is 7.12 Å². The van der Waals surface area contributed by atoms with E-state index in [0.29, 0.717) is 11.8 Å². The van der Waals surface area contributed by atoms with E-state index in [2.05, 4.69) is 0 Å². The van der Waals surface area contributed by atoms with Crippen LogP contribution < -0.4 is 15.9 Å². The van der Waals surface area contributed by atoms with Crippen molar-refractivity contribution in [2.75, 3.05) is 5.73 Å². The molecular weight excluding hydrogens is 253 g/mol. The number of para-hydroxylation sites is 1. The molecule has 1 aliphatic carbocycles. The van der Waals surface area contributed by atoms with E-state index in [1.165, 1.54) is 0 Å². The zero-order valence-electron chi connectivity index (χ0n) is 12.6. The zero-order chi connectivity index (χ0) is 14.5. The topological polar surface area (TPSA) is 53.7 Å². The summed E-state index contributed by atoms with van der Waals surface area (Å²) in [4.78, 5) is 0. The summed E-state index contributed by atoms with van der Waals surface area (Å²) in [7, 11) is -0.442. The Morgan fingerprint density at radius 2 is 1.75 bits per heavy atom. The van der Waals surface area contributed by atoms with Gasteiger partial charge in [-0.1, -0.05) is 12.1 Å². The largest absolute Gasteiger partial charge is 0.497 e. The number of ether oxygens (including phenoxy) is 1. The molecule has 1 aromatic carbocycles. The maximum Gasteiger partial charge on any atom is 0.497 e. The lowest BCUT2D eigenvalue weighted by Gasteiger charge is -2.32. The molecule has 4 nitrogen and oxygen atoms in total. The molecule has 0 atom stereocenters. The van der Waals surface area contributed by atoms with Crippen molar-refractivity contribution in [3.8, 4) is 5.75 Å². The molecule has 1 aliphatic heterocycles. The third kappa shape index (κ3) is 2.29. The summed E-state index contributed by atoms with van der Waals surface area (Å²) >= 11 is 0. The van der Waals surface area contributed by atoms with Crippen LogP contribution in [0.5, 0.6) is 5.75 Å². The van der Waals surface area contributed by atoms with Gasteiger partial charge < -0.3 is 19.8 Å². The summed E-state index contributed by atoms with van der Waals surface area (Å²) in [5.74, 6) is 0.736. The molecule has 2 fully saturated rings. The Morgan fingerprint density at radius 3 is 2.30 bits per heavy atom. The Morgan fingerprint density at radius 1 is 1.15 bits per heavy atom. The van der Waals surface area contributed by atoms with Crippen molar-refractivity contribution < 1.29 is 14.0 Å². The third-order valence-corrected chi connectivity index (χ3v) is 4.43. The Bertz CT molecular complexity index is 510. The van der Waals surface area contributed by atoms with Crippen LogP contribution in [0.3, 0.4) is 0 Å². The van der Waals surface area contributed by atoms with Crippen LogP contribution in [0.4, 0.5) is 5.69 Å². The van der Waals surface area contributed by atoms with E-state index in [1.54, 1.807) is 0 Å². The molecule has 0 aromatic heterocycles. The normalized spacial score (nSPS) is 23.9. The molecule has 1 aromatic rings. The summed E-state index contributed by atoms with van der Waals surface area (Å²) in [6, 6.07) is 5.79. The van der Waals surface area contributed by atoms with Gasteiger partial charge in [0.2, 0.25) is 0 Å². The van der Waals surface area contributed by atoms with E-state index in [0.717, 1.165) is 24.1 Å². The minimum Gasteiger partial charge on any atom is -0.488 e. The highest BCUT2D eigenvalue weighted by molar-refractivity contribution is 6.64. The summed E-state index contributed by atoms with van der Waals surface area (Å²) in [5.41, 5.74) is 6.98. The number of benzene rings is 1. The minimum absolute atomic E-state index is 0.325. The van der Waals surface area contributed by atoms with Gasteiger partial charge in [-0.3, -0.25) is 0 Å². The number of rotatable bonds is 3. The van der Waals surface area contributed by atoms with E-state index in [1.807, 2.05) is 45.9 Å². The number of hydrogen-bond acceptors (Lipinski definition) is 4. The molecule has 0 bridgehead atoms. The Hall–Kier alpha value is -1.20. The van der Waals surface area contributed by atoms with Crippen molar-refractivity contribution in [1.29, 1.82) is 0 Å². The molecule has 1 heterocycles. The second-order valence-electron chi connectivity index (χ2n) is 6.66. The van der Waals surface area contributed by atoms with Crippen molar-refractivity contribution in [2.45, 2.75) is 57.8 Å². The number of hydrogen-bond donors (Lipinski definition) is 1. The summed E-state index contributed by atoms with van der Waals surface area (Å²) in [6.45, 7) is 8.14. The SMILES string of the molecule is CC1(C)OB(c2cccc(OC3CC3)c2N)OC1(C)C. The van der Waals surface area contributed by atoms with Crippen LogP contribution in [-0.2, 0) is 9.31 Å². The molecular formula is C15H22BNO3. The lowest BCUT2D eigenvalue weighted by molar-refractivity contribution is 0.00578. The van der Waals surface area contributed by atoms with Gasteiger partial charge in [-0.05, 0) is 46.6 Å². The van der Waals surface area contributed by atoms with Crippen LogP contribution in [-0.4, -0.2) is 24.4 Å². The molecule has 1 saturated carbocycles. The van der Waals surface area contributed by atoms with Crippen molar-refractivity contribution in [3.05, 3.63) is 18.2 Å². The second kappa shape index (κ2) is 4.40. The fourth-order valence-electron chi connectivity index (χ4n) is 2.20. The Labute approximate surface area is 120 Å². The summed E-state index contributed by atoms with van der Waals surface area (Å²) in [5, 5.41) is 0. The van der Waals surface area contributed by atoms with Crippen LogP contribution in [0.15, 0.2) is 18.2 Å². The first-order chi connectivity index (χ1) is 9.30. The lowest BCUT2D eigenvalue weighted by Crippen LogP contribution is -2.41. The summed E-state index contributed by atoms with van der Waals surface area (Å²) < 4.78 is 17.9. The highest BCUT2D eigenvalue weighted by Gasteiger charge is 2.52. The van der Waals surface area contributed by atoms with Crippen LogP contribution >= 0.6 is 0 Å². The fraction of sp³-hybridized carbons (Fsp3) is 0.600. The minimum atomic E-state index is -0.442. The van der Waals surface area contributed by atoms with Crippen molar-refractivity contribution >= 4 is 18.3 Å². The van der Waals surface area contributed by atoms with E-state index in [4.69, 9.17) is 19.8 Å². The predicted molar refractivity (Wildman–Crippen MR) is 80.2 cm³/mol. The maximum atomic E-state index is 6.23. The van der Waals surface area contributed by atoms with Crippen LogP contribution in [0.2, 0.25) is 0 Å². The third-order valence-electron chi connectivity index (χ3n) is 4.43. The molecule has 1 saturated heterocycles. The molecule has 108 valence electrons. The van der Waals surface area contributed by atoms with Crippen molar-refractivity contribution in [2.24, 2.45) is 0 Å². The molecule has 2 N–H and O–H groups in total. The quantitative estimate of drug-likeness (QED) is 0.678. The predicted octanol–water partition coefficient (Wildman–Crippen LogP) is 2.11. The van der Waals surface area contributed by atoms with E-state index < -0.39 is 7.12 Å². The Kier molecular flexibility index (Phi) is 3.03. The first-order valence-corrected chi connectivity index (χ1v) is 7.21. The van der Waals surface area contributed by atoms with Gasteiger partial charge in [0.05, 0.1) is 23.0 Å². The smallest absolute Gasteiger partial charge is 0.488 e. The average Bonchev–Trinajstić information content (AvgIpc) is 3.10. The van der Waals surface area contributed by atoms with Crippen LogP contribution in [0.25, 0.3) is 0 Å². The molecule has 0 amide bonds. The van der Waals surface area contributed by atoms with Gasteiger partial charge in [0.15, 0.2) is 0 Å². The van der Waals surface area contributed by atoms with Gasteiger partial charge in [-0.15, -0.1) is 0 Å². The number of anilines is 1. The van der Waals surface area contributed by atoms with Crippen molar-refractivity contribution in [3.63, 3.8) is 0 Å². The molecule has 0 spiro atoms. The van der Waals surface area contributed by atoms with Gasteiger partial charge in [0.1, 0.15) is 5.75 Å². The Balaban J connectivity index is 1.87. The first-order valence-electron chi connectivity index (χ1n) is 7.21. The van der Waals surface area contributed by atoms with Crippen LogP contribution in [0, 0.1) is 0 Å². The van der Waals surface area contributed by atoms with E-state index in [9.17, 15) is 0 Å². The molecule has 2 aliphatic rings. The molecule has 3 rings (SSSR count). The molecule has 0 radical (unpaired) electrons.